The van der Waals surface area contributed by atoms with Crippen LogP contribution in [0.5, 0.6) is 11.6 Å². The summed E-state index contributed by atoms with van der Waals surface area (Å²) in [6.07, 6.45) is 5.11. The maximum atomic E-state index is 14.3. The highest BCUT2D eigenvalue weighted by Gasteiger charge is 2.64. The summed E-state index contributed by atoms with van der Waals surface area (Å²) in [5.41, 5.74) is -1.66. The van der Waals surface area contributed by atoms with Crippen molar-refractivity contribution in [2.75, 3.05) is 20.3 Å². The summed E-state index contributed by atoms with van der Waals surface area (Å²) in [6.45, 7) is 2.56. The summed E-state index contributed by atoms with van der Waals surface area (Å²) in [6, 6.07) is 4.74. The number of carboxylic acid groups (broad SMARTS) is 1. The lowest BCUT2D eigenvalue weighted by Crippen LogP contribution is -2.59. The first kappa shape index (κ1) is 36.3. The minimum absolute atomic E-state index is 0.0299. The first-order chi connectivity index (χ1) is 24.2. The minimum atomic E-state index is -4.38. The Hall–Kier alpha value is -4.47. The maximum Gasteiger partial charge on any atom is 0.405 e. The van der Waals surface area contributed by atoms with Gasteiger partial charge in [-0.2, -0.15) is 0 Å². The molecule has 2 saturated carbocycles. The molecule has 4 N–H and O–H groups in total. The van der Waals surface area contributed by atoms with Crippen molar-refractivity contribution in [3.8, 4) is 11.6 Å². The number of ether oxygens (including phenoxy) is 2. The van der Waals surface area contributed by atoms with Gasteiger partial charge in [0.25, 0.3) is 5.91 Å². The Morgan fingerprint density at radius 1 is 1.18 bits per heavy atom. The van der Waals surface area contributed by atoms with Crippen molar-refractivity contribution in [1.82, 2.24) is 25.2 Å². The fraction of sp³-hybridized carbons (Fsp3) is 0.571. The standard InChI is InChI=1S/C35H44FN5O9S/c1-20-6-4-5-7-23-17-35(23,32(44)40-51(47,48)34(19-36)11-12-34)39-29(42)27-16-25(18-41(27)31(43)28(21(2)14-20)38-33(45)46)50-30-26-9-8-24(49-3)15-22(26)10-13-37-30/h5,7-10,13,15,20-21,23,25,27-28,38H,4,6,11-12,14,16-19H2,1-3H3,(H,39,42)(H,40,44)(H,45,46). The zero-order valence-corrected chi connectivity index (χ0v) is 29.6. The Kier molecular flexibility index (Phi) is 9.92. The molecule has 2 aromatic rings. The molecule has 1 saturated heterocycles. The van der Waals surface area contributed by atoms with Crippen LogP contribution in [0.1, 0.15) is 58.8 Å². The van der Waals surface area contributed by atoms with Crippen molar-refractivity contribution in [3.05, 3.63) is 42.6 Å². The van der Waals surface area contributed by atoms with Gasteiger partial charge in [-0.25, -0.2) is 22.6 Å². The first-order valence-electron chi connectivity index (χ1n) is 17.2. The number of carbonyl (C=O) groups excluding carboxylic acids is 3. The molecule has 1 aromatic heterocycles. The second-order valence-electron chi connectivity index (χ2n) is 14.5. The molecule has 51 heavy (non-hydrogen) atoms. The van der Waals surface area contributed by atoms with Gasteiger partial charge in [-0.3, -0.25) is 19.1 Å². The largest absolute Gasteiger partial charge is 0.497 e. The number of amides is 4. The Labute approximate surface area is 295 Å². The van der Waals surface area contributed by atoms with Crippen LogP contribution in [0.2, 0.25) is 0 Å². The van der Waals surface area contributed by atoms with E-state index in [4.69, 9.17) is 9.47 Å². The highest BCUT2D eigenvalue weighted by Crippen LogP contribution is 2.48. The molecule has 276 valence electrons. The number of halogens is 1. The number of allylic oxidation sites excluding steroid dienone is 1. The van der Waals surface area contributed by atoms with Gasteiger partial charge in [-0.15, -0.1) is 0 Å². The van der Waals surface area contributed by atoms with Crippen LogP contribution in [0.25, 0.3) is 10.8 Å². The van der Waals surface area contributed by atoms with Gasteiger partial charge in [-0.05, 0) is 80.0 Å². The number of aromatic nitrogens is 1. The highest BCUT2D eigenvalue weighted by molar-refractivity contribution is 7.91. The van der Waals surface area contributed by atoms with Gasteiger partial charge in [0, 0.05) is 23.9 Å². The maximum absolute atomic E-state index is 14.3. The van der Waals surface area contributed by atoms with E-state index < -0.39 is 80.8 Å². The van der Waals surface area contributed by atoms with Gasteiger partial charge >= 0.3 is 6.09 Å². The van der Waals surface area contributed by atoms with Crippen molar-refractivity contribution in [2.45, 2.75) is 87.3 Å². The predicted molar refractivity (Wildman–Crippen MR) is 183 cm³/mol. The van der Waals surface area contributed by atoms with Crippen LogP contribution >= 0.6 is 0 Å². The number of rotatable bonds is 8. The van der Waals surface area contributed by atoms with Crippen LogP contribution in [0, 0.1) is 17.8 Å². The quantitative estimate of drug-likeness (QED) is 0.294. The monoisotopic (exact) mass is 729 g/mol. The molecule has 7 unspecified atom stereocenters. The Bertz CT molecular complexity index is 1850. The van der Waals surface area contributed by atoms with E-state index in [1.807, 2.05) is 19.1 Å². The van der Waals surface area contributed by atoms with Gasteiger partial charge in [0.15, 0.2) is 0 Å². The number of hydrogen-bond acceptors (Lipinski definition) is 9. The third-order valence-electron chi connectivity index (χ3n) is 10.8. The van der Waals surface area contributed by atoms with Crippen molar-refractivity contribution in [2.24, 2.45) is 17.8 Å². The SMILES string of the molecule is COc1ccc2c(OC3CC4C(=O)NC5(C(=O)NS(=O)(=O)C6(CF)CC6)CC5C=CCCC(C)CC(C)C(NC(=O)O)C(=O)N4C3)nccc2c1. The third-order valence-corrected chi connectivity index (χ3v) is 12.9. The van der Waals surface area contributed by atoms with Crippen LogP contribution in [-0.2, 0) is 24.4 Å². The Morgan fingerprint density at radius 3 is 2.63 bits per heavy atom. The molecule has 3 fully saturated rings. The van der Waals surface area contributed by atoms with Crippen LogP contribution in [0.4, 0.5) is 9.18 Å². The van der Waals surface area contributed by atoms with E-state index in [2.05, 4.69) is 20.3 Å². The van der Waals surface area contributed by atoms with Crippen LogP contribution in [0.3, 0.4) is 0 Å². The second kappa shape index (κ2) is 13.9. The molecule has 2 aliphatic carbocycles. The molecule has 16 heteroatoms. The summed E-state index contributed by atoms with van der Waals surface area (Å²) < 4.78 is 51.9. The number of pyridine rings is 1. The lowest BCUT2D eigenvalue weighted by Gasteiger charge is -2.32. The average Bonchev–Trinajstić information content (AvgIpc) is 3.99. The van der Waals surface area contributed by atoms with E-state index in [0.717, 1.165) is 5.39 Å². The molecular weight excluding hydrogens is 685 g/mol. The smallest absolute Gasteiger partial charge is 0.405 e. The van der Waals surface area contributed by atoms with Crippen LogP contribution < -0.4 is 24.8 Å². The fourth-order valence-corrected chi connectivity index (χ4v) is 8.82. The summed E-state index contributed by atoms with van der Waals surface area (Å²) in [7, 11) is -2.83. The van der Waals surface area contributed by atoms with E-state index in [0.29, 0.717) is 30.4 Å². The third kappa shape index (κ3) is 7.19. The van der Waals surface area contributed by atoms with Gasteiger partial charge in [0.2, 0.25) is 27.7 Å². The molecule has 2 aliphatic heterocycles. The van der Waals surface area contributed by atoms with Crippen LogP contribution in [-0.4, -0.2) is 96.0 Å². The number of nitrogens with zero attached hydrogens (tertiary/aromatic N) is 2. The first-order valence-corrected chi connectivity index (χ1v) is 18.7. The summed E-state index contributed by atoms with van der Waals surface area (Å²) in [5.74, 6) is -2.33. The topological polar surface area (TPSA) is 193 Å². The summed E-state index contributed by atoms with van der Waals surface area (Å²) in [4.78, 5) is 59.9. The molecule has 1 aromatic carbocycles. The van der Waals surface area contributed by atoms with E-state index in [9.17, 15) is 37.1 Å². The van der Waals surface area contributed by atoms with E-state index in [-0.39, 0.29) is 44.0 Å². The number of carbonyl (C=O) groups is 4. The van der Waals surface area contributed by atoms with Crippen molar-refractivity contribution < 1.29 is 46.6 Å². The van der Waals surface area contributed by atoms with Crippen molar-refractivity contribution in [1.29, 1.82) is 0 Å². The molecule has 0 bridgehead atoms. The predicted octanol–water partition coefficient (Wildman–Crippen LogP) is 3.06. The molecule has 4 amide bonds. The van der Waals surface area contributed by atoms with Gasteiger partial charge < -0.3 is 30.1 Å². The molecule has 0 radical (unpaired) electrons. The Morgan fingerprint density at radius 2 is 1.94 bits per heavy atom. The summed E-state index contributed by atoms with van der Waals surface area (Å²) >= 11 is 0. The highest BCUT2D eigenvalue weighted by atomic mass is 32.2. The lowest BCUT2D eigenvalue weighted by atomic mass is 9.88. The fourth-order valence-electron chi connectivity index (χ4n) is 7.39. The Balaban J connectivity index is 1.33. The zero-order valence-electron chi connectivity index (χ0n) is 28.8. The van der Waals surface area contributed by atoms with Gasteiger partial charge in [0.1, 0.15) is 40.9 Å². The van der Waals surface area contributed by atoms with E-state index in [1.54, 1.807) is 44.5 Å². The summed E-state index contributed by atoms with van der Waals surface area (Å²) in [5, 5.41) is 16.3. The van der Waals surface area contributed by atoms with Gasteiger partial charge in [0.05, 0.1) is 13.7 Å². The minimum Gasteiger partial charge on any atom is -0.497 e. The molecule has 3 heterocycles. The second-order valence-corrected chi connectivity index (χ2v) is 16.5. The number of methoxy groups -OCH3 is 1. The van der Waals surface area contributed by atoms with E-state index >= 15 is 0 Å². The van der Waals surface area contributed by atoms with Gasteiger partial charge in [-0.1, -0.05) is 26.0 Å². The number of nitrogens with one attached hydrogen (secondary N) is 3. The normalized spacial score (nSPS) is 30.5. The molecule has 4 aliphatic rings. The van der Waals surface area contributed by atoms with Crippen LogP contribution in [0.15, 0.2) is 42.6 Å². The molecule has 6 rings (SSSR count). The number of fused-ring (bicyclic) bond motifs is 3. The van der Waals surface area contributed by atoms with E-state index in [1.165, 1.54) is 4.90 Å². The molecule has 7 atom stereocenters. The average molecular weight is 730 g/mol. The molecular formula is C35H44FN5O9S. The number of hydrogen-bond donors (Lipinski definition) is 4. The number of benzene rings is 1. The van der Waals surface area contributed by atoms with Crippen molar-refractivity contribution >= 4 is 44.6 Å². The van der Waals surface area contributed by atoms with Crippen molar-refractivity contribution in [3.63, 3.8) is 0 Å². The number of sulfonamides is 1. The molecule has 0 spiro atoms. The molecule has 14 nitrogen and oxygen atoms in total. The zero-order chi connectivity index (χ0) is 36.7. The number of alkyl halides is 1. The lowest BCUT2D eigenvalue weighted by molar-refractivity contribution is -0.142.